The molecule has 5 heteroatoms. The second-order valence-corrected chi connectivity index (χ2v) is 3.93. The number of nitrogens with one attached hydrogen (secondary N) is 1. The summed E-state index contributed by atoms with van der Waals surface area (Å²) in [6, 6.07) is 8.56. The minimum atomic E-state index is -0.972. The van der Waals surface area contributed by atoms with Crippen LogP contribution >= 0.6 is 0 Å². The lowest BCUT2D eigenvalue weighted by molar-refractivity contribution is 0.0698. The first-order valence-corrected chi connectivity index (χ1v) is 5.75. The van der Waals surface area contributed by atoms with E-state index in [-0.39, 0.29) is 5.56 Å². The van der Waals surface area contributed by atoms with Gasteiger partial charge in [-0.1, -0.05) is 0 Å². The molecular weight excluding hydrogens is 244 g/mol. The summed E-state index contributed by atoms with van der Waals surface area (Å²) in [5.74, 6) is -0.359. The molecule has 0 saturated heterocycles. The van der Waals surface area contributed by atoms with Crippen molar-refractivity contribution < 1.29 is 14.6 Å². The molecule has 2 rings (SSSR count). The average Bonchev–Trinajstić information content (AvgIpc) is 2.45. The number of hydrogen-bond donors (Lipinski definition) is 2. The number of carboxylic acids is 1. The highest BCUT2D eigenvalue weighted by atomic mass is 16.5. The molecule has 98 valence electrons. The van der Waals surface area contributed by atoms with E-state index in [1.54, 1.807) is 31.6 Å². The van der Waals surface area contributed by atoms with Crippen molar-refractivity contribution in [3.63, 3.8) is 0 Å². The van der Waals surface area contributed by atoms with E-state index in [4.69, 9.17) is 9.84 Å². The van der Waals surface area contributed by atoms with Gasteiger partial charge in [-0.25, -0.2) is 4.79 Å². The van der Waals surface area contributed by atoms with E-state index in [0.717, 1.165) is 5.56 Å². The number of carbonyl (C=O) groups is 1. The van der Waals surface area contributed by atoms with E-state index >= 15 is 0 Å². The summed E-state index contributed by atoms with van der Waals surface area (Å²) in [7, 11) is 1.54. The van der Waals surface area contributed by atoms with Crippen LogP contribution in [0, 0.1) is 0 Å². The Bertz CT molecular complexity index is 570. The topological polar surface area (TPSA) is 71.5 Å². The largest absolute Gasteiger partial charge is 0.497 e. The molecule has 0 aliphatic rings. The average molecular weight is 258 g/mol. The van der Waals surface area contributed by atoms with Gasteiger partial charge in [0.25, 0.3) is 0 Å². The fourth-order valence-corrected chi connectivity index (χ4v) is 1.68. The number of hydrogen-bond acceptors (Lipinski definition) is 4. The summed E-state index contributed by atoms with van der Waals surface area (Å²) < 4.78 is 5.10. The normalized spacial score (nSPS) is 9.95. The van der Waals surface area contributed by atoms with Crippen LogP contribution < -0.4 is 10.1 Å². The number of aromatic nitrogens is 1. The van der Waals surface area contributed by atoms with Crippen LogP contribution in [0.1, 0.15) is 15.9 Å². The van der Waals surface area contributed by atoms with Crippen molar-refractivity contribution in [1.82, 2.24) is 4.98 Å². The molecule has 1 aromatic carbocycles. The predicted molar refractivity (Wildman–Crippen MR) is 71.5 cm³/mol. The van der Waals surface area contributed by atoms with Crippen LogP contribution in [0.15, 0.2) is 42.7 Å². The Morgan fingerprint density at radius 2 is 2.05 bits per heavy atom. The smallest absolute Gasteiger partial charge is 0.337 e. The second-order valence-electron chi connectivity index (χ2n) is 3.93. The maximum Gasteiger partial charge on any atom is 0.337 e. The fourth-order valence-electron chi connectivity index (χ4n) is 1.68. The summed E-state index contributed by atoms with van der Waals surface area (Å²) >= 11 is 0. The molecule has 2 aromatic rings. The van der Waals surface area contributed by atoms with Crippen molar-refractivity contribution in [2.45, 2.75) is 6.54 Å². The van der Waals surface area contributed by atoms with Crippen LogP contribution in [0.4, 0.5) is 5.69 Å². The van der Waals surface area contributed by atoms with Gasteiger partial charge in [0.2, 0.25) is 0 Å². The predicted octanol–water partition coefficient (Wildman–Crippen LogP) is 2.40. The number of nitrogens with zero attached hydrogens (tertiary/aromatic N) is 1. The van der Waals surface area contributed by atoms with Gasteiger partial charge in [0.1, 0.15) is 5.75 Å². The lowest BCUT2D eigenvalue weighted by atomic mass is 10.1. The summed E-state index contributed by atoms with van der Waals surface area (Å²) in [4.78, 5) is 15.1. The Morgan fingerprint density at radius 1 is 1.32 bits per heavy atom. The number of methoxy groups -OCH3 is 1. The van der Waals surface area contributed by atoms with Crippen molar-refractivity contribution >= 4 is 11.7 Å². The van der Waals surface area contributed by atoms with Gasteiger partial charge in [0, 0.05) is 25.0 Å². The summed E-state index contributed by atoms with van der Waals surface area (Å²) in [5.41, 5.74) is 1.77. The van der Waals surface area contributed by atoms with Crippen LogP contribution in [0.25, 0.3) is 0 Å². The van der Waals surface area contributed by atoms with Crippen LogP contribution in [0.2, 0.25) is 0 Å². The number of ether oxygens (including phenoxy) is 1. The lowest BCUT2D eigenvalue weighted by Gasteiger charge is -2.11. The molecule has 0 bridgehead atoms. The van der Waals surface area contributed by atoms with E-state index in [9.17, 15) is 4.79 Å². The minimum Gasteiger partial charge on any atom is -0.497 e. The van der Waals surface area contributed by atoms with Gasteiger partial charge in [-0.2, -0.15) is 0 Å². The summed E-state index contributed by atoms with van der Waals surface area (Å²) in [5, 5.41) is 12.2. The molecule has 1 aromatic heterocycles. The zero-order valence-corrected chi connectivity index (χ0v) is 10.5. The molecule has 5 nitrogen and oxygen atoms in total. The molecule has 0 aliphatic heterocycles. The molecule has 19 heavy (non-hydrogen) atoms. The molecule has 0 saturated carbocycles. The Morgan fingerprint density at radius 3 is 2.68 bits per heavy atom. The molecule has 2 N–H and O–H groups in total. The van der Waals surface area contributed by atoms with Gasteiger partial charge < -0.3 is 15.2 Å². The highest BCUT2D eigenvalue weighted by molar-refractivity contribution is 5.94. The van der Waals surface area contributed by atoms with Crippen molar-refractivity contribution in [2.24, 2.45) is 0 Å². The highest BCUT2D eigenvalue weighted by Crippen LogP contribution is 2.23. The van der Waals surface area contributed by atoms with Gasteiger partial charge in [0.15, 0.2) is 0 Å². The number of carboxylic acid groups (broad SMARTS) is 1. The Hall–Kier alpha value is -2.56. The second kappa shape index (κ2) is 5.86. The van der Waals surface area contributed by atoms with Gasteiger partial charge in [0.05, 0.1) is 18.4 Å². The van der Waals surface area contributed by atoms with Crippen molar-refractivity contribution in [1.29, 1.82) is 0 Å². The standard InChI is InChI=1S/C14H14N2O3/c1-19-11-2-3-12(14(17)18)13(8-11)16-9-10-4-6-15-7-5-10/h2-8,16H,9H2,1H3,(H,17,18). The zero-order chi connectivity index (χ0) is 13.7. The molecule has 0 spiro atoms. The third-order valence-electron chi connectivity index (χ3n) is 2.69. The first kappa shape index (κ1) is 12.9. The quantitative estimate of drug-likeness (QED) is 0.861. The Balaban J connectivity index is 2.20. The zero-order valence-electron chi connectivity index (χ0n) is 10.5. The number of anilines is 1. The molecule has 1 heterocycles. The van der Waals surface area contributed by atoms with Crippen LogP contribution in [-0.4, -0.2) is 23.2 Å². The first-order chi connectivity index (χ1) is 9.20. The molecular formula is C14H14N2O3. The molecule has 0 aliphatic carbocycles. The highest BCUT2D eigenvalue weighted by Gasteiger charge is 2.10. The third kappa shape index (κ3) is 3.22. The van der Waals surface area contributed by atoms with Crippen molar-refractivity contribution in [2.75, 3.05) is 12.4 Å². The van der Waals surface area contributed by atoms with Crippen LogP contribution in [0.5, 0.6) is 5.75 Å². The maximum absolute atomic E-state index is 11.1. The fraction of sp³-hybridized carbons (Fsp3) is 0.143. The number of aromatic carboxylic acids is 1. The van der Waals surface area contributed by atoms with E-state index in [0.29, 0.717) is 18.0 Å². The van der Waals surface area contributed by atoms with Gasteiger partial charge >= 0.3 is 5.97 Å². The van der Waals surface area contributed by atoms with Gasteiger partial charge in [-0.3, -0.25) is 4.98 Å². The monoisotopic (exact) mass is 258 g/mol. The maximum atomic E-state index is 11.1. The van der Waals surface area contributed by atoms with Gasteiger partial charge in [-0.05, 0) is 29.8 Å². The summed E-state index contributed by atoms with van der Waals surface area (Å²) in [6.07, 6.45) is 3.39. The van der Waals surface area contributed by atoms with E-state index in [1.165, 1.54) is 6.07 Å². The molecule has 0 atom stereocenters. The third-order valence-corrected chi connectivity index (χ3v) is 2.69. The first-order valence-electron chi connectivity index (χ1n) is 5.75. The summed E-state index contributed by atoms with van der Waals surface area (Å²) in [6.45, 7) is 0.524. The van der Waals surface area contributed by atoms with Crippen LogP contribution in [-0.2, 0) is 6.54 Å². The molecule has 0 fully saturated rings. The molecule has 0 unspecified atom stereocenters. The lowest BCUT2D eigenvalue weighted by Crippen LogP contribution is -2.06. The number of pyridine rings is 1. The van der Waals surface area contributed by atoms with Crippen molar-refractivity contribution in [3.05, 3.63) is 53.9 Å². The van der Waals surface area contributed by atoms with E-state index in [1.807, 2.05) is 12.1 Å². The van der Waals surface area contributed by atoms with Crippen LogP contribution in [0.3, 0.4) is 0 Å². The van der Waals surface area contributed by atoms with Crippen molar-refractivity contribution in [3.8, 4) is 5.75 Å². The molecule has 0 amide bonds. The molecule has 0 radical (unpaired) electrons. The minimum absolute atomic E-state index is 0.217. The number of benzene rings is 1. The van der Waals surface area contributed by atoms with Gasteiger partial charge in [-0.15, -0.1) is 0 Å². The Kier molecular flexibility index (Phi) is 3.97. The Labute approximate surface area is 110 Å². The SMILES string of the molecule is COc1ccc(C(=O)O)c(NCc2ccncc2)c1. The number of rotatable bonds is 5. The van der Waals surface area contributed by atoms with E-state index in [2.05, 4.69) is 10.3 Å². The van der Waals surface area contributed by atoms with E-state index < -0.39 is 5.97 Å².